The van der Waals surface area contributed by atoms with Gasteiger partial charge in [0.15, 0.2) is 10.9 Å². The van der Waals surface area contributed by atoms with E-state index in [4.69, 9.17) is 11.6 Å². The zero-order valence-corrected chi connectivity index (χ0v) is 13.4. The molecule has 3 heterocycles. The maximum absolute atomic E-state index is 6.25. The van der Waals surface area contributed by atoms with E-state index in [1.54, 1.807) is 17.5 Å². The van der Waals surface area contributed by atoms with Gasteiger partial charge in [-0.1, -0.05) is 11.6 Å². The van der Waals surface area contributed by atoms with Crippen LogP contribution in [0.3, 0.4) is 0 Å². The molecule has 3 rings (SSSR count). The van der Waals surface area contributed by atoms with E-state index in [-0.39, 0.29) is 0 Å². The molecule has 8 heteroatoms. The SMILES string of the molecule is CCNc1ncc(Cl)c(N2CCN(c3nccs3)CC2)n1. The highest BCUT2D eigenvalue weighted by molar-refractivity contribution is 7.13. The molecule has 6 nitrogen and oxygen atoms in total. The van der Waals surface area contributed by atoms with E-state index < -0.39 is 0 Å². The highest BCUT2D eigenvalue weighted by atomic mass is 35.5. The molecule has 112 valence electrons. The zero-order valence-electron chi connectivity index (χ0n) is 11.8. The van der Waals surface area contributed by atoms with Crippen molar-refractivity contribution < 1.29 is 0 Å². The van der Waals surface area contributed by atoms with Crippen molar-refractivity contribution in [1.82, 2.24) is 15.0 Å². The Morgan fingerprint density at radius 1 is 1.24 bits per heavy atom. The van der Waals surface area contributed by atoms with Crippen LogP contribution in [0.2, 0.25) is 5.02 Å². The van der Waals surface area contributed by atoms with Crippen LogP contribution in [0.15, 0.2) is 17.8 Å². The van der Waals surface area contributed by atoms with Crippen molar-refractivity contribution in [3.63, 3.8) is 0 Å². The molecule has 21 heavy (non-hydrogen) atoms. The molecular weight excluding hydrogens is 308 g/mol. The molecule has 0 saturated carbocycles. The topological polar surface area (TPSA) is 57.2 Å². The number of anilines is 3. The van der Waals surface area contributed by atoms with E-state index in [1.165, 1.54) is 0 Å². The average molecular weight is 325 g/mol. The minimum Gasteiger partial charge on any atom is -0.354 e. The third-order valence-corrected chi connectivity index (χ3v) is 4.43. The van der Waals surface area contributed by atoms with Gasteiger partial charge < -0.3 is 15.1 Å². The summed E-state index contributed by atoms with van der Waals surface area (Å²) in [4.78, 5) is 17.5. The third-order valence-electron chi connectivity index (χ3n) is 3.33. The standard InChI is InChI=1S/C13H17ClN6S/c1-2-15-12-17-9-10(14)11(18-12)19-4-6-20(7-5-19)13-16-3-8-21-13/h3,8-9H,2,4-7H2,1H3,(H,15,17,18). The van der Waals surface area contributed by atoms with Crippen molar-refractivity contribution in [2.45, 2.75) is 6.92 Å². The summed E-state index contributed by atoms with van der Waals surface area (Å²) < 4.78 is 0. The number of halogens is 1. The number of thiazole rings is 1. The lowest BCUT2D eigenvalue weighted by atomic mass is 10.3. The maximum atomic E-state index is 6.25. The molecule has 0 spiro atoms. The summed E-state index contributed by atoms with van der Waals surface area (Å²) in [6, 6.07) is 0. The van der Waals surface area contributed by atoms with Crippen LogP contribution in [0.5, 0.6) is 0 Å². The summed E-state index contributed by atoms with van der Waals surface area (Å²) in [7, 11) is 0. The summed E-state index contributed by atoms with van der Waals surface area (Å²) in [5.41, 5.74) is 0. The Morgan fingerprint density at radius 2 is 2.00 bits per heavy atom. The number of nitrogens with zero attached hydrogens (tertiary/aromatic N) is 5. The lowest BCUT2D eigenvalue weighted by Crippen LogP contribution is -2.47. The van der Waals surface area contributed by atoms with Crippen LogP contribution in [-0.4, -0.2) is 47.7 Å². The Labute approximate surface area is 132 Å². The lowest BCUT2D eigenvalue weighted by Gasteiger charge is -2.35. The van der Waals surface area contributed by atoms with Crippen LogP contribution in [0.25, 0.3) is 0 Å². The van der Waals surface area contributed by atoms with Crippen molar-refractivity contribution in [2.75, 3.05) is 47.8 Å². The molecule has 0 amide bonds. The van der Waals surface area contributed by atoms with Crippen LogP contribution in [0, 0.1) is 0 Å². The van der Waals surface area contributed by atoms with Gasteiger partial charge in [0.1, 0.15) is 5.02 Å². The molecule has 1 aliphatic heterocycles. The van der Waals surface area contributed by atoms with Gasteiger partial charge >= 0.3 is 0 Å². The number of rotatable bonds is 4. The highest BCUT2D eigenvalue weighted by Crippen LogP contribution is 2.26. The van der Waals surface area contributed by atoms with Crippen LogP contribution in [-0.2, 0) is 0 Å². The van der Waals surface area contributed by atoms with Crippen LogP contribution < -0.4 is 15.1 Å². The average Bonchev–Trinajstić information content (AvgIpc) is 3.04. The van der Waals surface area contributed by atoms with Gasteiger partial charge in [0.2, 0.25) is 5.95 Å². The summed E-state index contributed by atoms with van der Waals surface area (Å²) in [6.07, 6.45) is 3.51. The van der Waals surface area contributed by atoms with E-state index in [0.717, 1.165) is 43.7 Å². The molecule has 1 N–H and O–H groups in total. The first-order valence-corrected chi connectivity index (χ1v) is 8.19. The Balaban J connectivity index is 1.70. The van der Waals surface area contributed by atoms with Crippen molar-refractivity contribution in [2.24, 2.45) is 0 Å². The molecular formula is C13H17ClN6S. The Morgan fingerprint density at radius 3 is 2.67 bits per heavy atom. The molecule has 0 unspecified atom stereocenters. The summed E-state index contributed by atoms with van der Waals surface area (Å²) in [6.45, 7) is 6.40. The van der Waals surface area contributed by atoms with Crippen molar-refractivity contribution in [1.29, 1.82) is 0 Å². The fourth-order valence-corrected chi connectivity index (χ4v) is 3.21. The van der Waals surface area contributed by atoms with E-state index in [0.29, 0.717) is 11.0 Å². The normalized spacial score (nSPS) is 15.3. The fourth-order valence-electron chi connectivity index (χ4n) is 2.30. The van der Waals surface area contributed by atoms with Gasteiger partial charge in [-0.05, 0) is 6.92 Å². The van der Waals surface area contributed by atoms with Crippen LogP contribution >= 0.6 is 22.9 Å². The first kappa shape index (κ1) is 14.3. The summed E-state index contributed by atoms with van der Waals surface area (Å²) >= 11 is 7.92. The first-order chi connectivity index (χ1) is 10.3. The largest absolute Gasteiger partial charge is 0.354 e. The minimum atomic E-state index is 0.597. The van der Waals surface area contributed by atoms with E-state index in [2.05, 4.69) is 30.1 Å². The second-order valence-corrected chi connectivity index (χ2v) is 5.96. The predicted octanol–water partition coefficient (Wildman–Crippen LogP) is 2.34. The highest BCUT2D eigenvalue weighted by Gasteiger charge is 2.21. The molecule has 1 fully saturated rings. The molecule has 0 aromatic carbocycles. The monoisotopic (exact) mass is 324 g/mol. The summed E-state index contributed by atoms with van der Waals surface area (Å²) in [5, 5.41) is 6.80. The van der Waals surface area contributed by atoms with E-state index in [1.807, 2.05) is 18.5 Å². The second kappa shape index (κ2) is 6.44. The third kappa shape index (κ3) is 3.19. The van der Waals surface area contributed by atoms with Crippen molar-refractivity contribution in [3.05, 3.63) is 22.8 Å². The minimum absolute atomic E-state index is 0.597. The Bertz CT molecular complexity index is 582. The number of piperazine rings is 1. The molecule has 0 aliphatic carbocycles. The van der Waals surface area contributed by atoms with Gasteiger partial charge in [0, 0.05) is 44.3 Å². The van der Waals surface area contributed by atoms with E-state index in [9.17, 15) is 0 Å². The van der Waals surface area contributed by atoms with Gasteiger partial charge in [-0.3, -0.25) is 0 Å². The number of aromatic nitrogens is 3. The lowest BCUT2D eigenvalue weighted by molar-refractivity contribution is 0.645. The predicted molar refractivity (Wildman–Crippen MR) is 87.7 cm³/mol. The molecule has 2 aromatic rings. The quantitative estimate of drug-likeness (QED) is 0.931. The van der Waals surface area contributed by atoms with E-state index >= 15 is 0 Å². The number of hydrogen-bond acceptors (Lipinski definition) is 7. The first-order valence-electron chi connectivity index (χ1n) is 6.93. The molecule has 0 atom stereocenters. The van der Waals surface area contributed by atoms with Crippen LogP contribution in [0.1, 0.15) is 6.92 Å². The number of nitrogens with one attached hydrogen (secondary N) is 1. The zero-order chi connectivity index (χ0) is 14.7. The van der Waals surface area contributed by atoms with Gasteiger partial charge in [-0.25, -0.2) is 9.97 Å². The molecule has 1 aliphatic rings. The van der Waals surface area contributed by atoms with Gasteiger partial charge in [0.25, 0.3) is 0 Å². The smallest absolute Gasteiger partial charge is 0.224 e. The molecule has 1 saturated heterocycles. The Kier molecular flexibility index (Phi) is 4.40. The Hall–Kier alpha value is -1.60. The molecule has 2 aromatic heterocycles. The molecule has 0 bridgehead atoms. The maximum Gasteiger partial charge on any atom is 0.224 e. The number of hydrogen-bond donors (Lipinski definition) is 1. The summed E-state index contributed by atoms with van der Waals surface area (Å²) in [5.74, 6) is 1.43. The van der Waals surface area contributed by atoms with Crippen molar-refractivity contribution in [3.8, 4) is 0 Å². The van der Waals surface area contributed by atoms with Gasteiger partial charge in [-0.15, -0.1) is 11.3 Å². The van der Waals surface area contributed by atoms with Gasteiger partial charge in [0.05, 0.1) is 6.20 Å². The fraction of sp³-hybridized carbons (Fsp3) is 0.462. The van der Waals surface area contributed by atoms with Crippen molar-refractivity contribution >= 4 is 39.8 Å². The second-order valence-electron chi connectivity index (χ2n) is 4.68. The molecule has 0 radical (unpaired) electrons. The van der Waals surface area contributed by atoms with Gasteiger partial charge in [-0.2, -0.15) is 4.98 Å². The van der Waals surface area contributed by atoms with Crippen LogP contribution in [0.4, 0.5) is 16.9 Å².